The van der Waals surface area contributed by atoms with Crippen molar-refractivity contribution < 1.29 is 4.74 Å². The molecule has 1 atom stereocenters. The van der Waals surface area contributed by atoms with Gasteiger partial charge in [-0.15, -0.1) is 11.6 Å². The molecule has 0 radical (unpaired) electrons. The average Bonchev–Trinajstić information content (AvgIpc) is 2.00. The number of hydrogen-bond donors (Lipinski definition) is 0. The Kier molecular flexibility index (Phi) is 4.40. The van der Waals surface area contributed by atoms with E-state index in [-0.39, 0.29) is 4.87 Å². The number of allylic oxidation sites excluding steroid dienone is 1. The minimum absolute atomic E-state index is 0.327. The van der Waals surface area contributed by atoms with Crippen molar-refractivity contribution in [3.8, 4) is 0 Å². The molecular formula is C10H17ClO. The van der Waals surface area contributed by atoms with E-state index in [0.717, 1.165) is 0 Å². The highest BCUT2D eigenvalue weighted by Crippen LogP contribution is 2.25. The summed E-state index contributed by atoms with van der Waals surface area (Å²) in [6.07, 6.45) is 1.58. The molecule has 70 valence electrons. The normalized spacial score (nSPS) is 15.4. The molecule has 0 aliphatic heterocycles. The lowest BCUT2D eigenvalue weighted by Crippen LogP contribution is -2.29. The quantitative estimate of drug-likeness (QED) is 0.365. The van der Waals surface area contributed by atoms with E-state index < -0.39 is 0 Å². The van der Waals surface area contributed by atoms with Crippen LogP contribution in [0.1, 0.15) is 20.8 Å². The van der Waals surface area contributed by atoms with Crippen LogP contribution >= 0.6 is 11.6 Å². The zero-order valence-corrected chi connectivity index (χ0v) is 8.82. The van der Waals surface area contributed by atoms with Crippen LogP contribution in [0.15, 0.2) is 25.0 Å². The number of ether oxygens (including phenoxy) is 1. The zero-order valence-electron chi connectivity index (χ0n) is 8.06. The van der Waals surface area contributed by atoms with Crippen molar-refractivity contribution in [2.45, 2.75) is 25.6 Å². The van der Waals surface area contributed by atoms with E-state index in [0.29, 0.717) is 18.3 Å². The van der Waals surface area contributed by atoms with Crippen LogP contribution in [0, 0.1) is 5.92 Å². The number of alkyl halides is 1. The third-order valence-corrected chi connectivity index (χ3v) is 2.52. The highest BCUT2D eigenvalue weighted by molar-refractivity contribution is 6.24. The van der Waals surface area contributed by atoms with Crippen LogP contribution in [0.5, 0.6) is 0 Å². The molecule has 12 heavy (non-hydrogen) atoms. The molecule has 0 amide bonds. The Morgan fingerprint density at radius 2 is 2.17 bits per heavy atom. The second-order valence-corrected chi connectivity index (χ2v) is 4.26. The lowest BCUT2D eigenvalue weighted by atomic mass is 9.98. The molecule has 0 heterocycles. The van der Waals surface area contributed by atoms with Crippen molar-refractivity contribution in [2.75, 3.05) is 6.61 Å². The van der Waals surface area contributed by atoms with Crippen LogP contribution in [-0.2, 0) is 4.74 Å². The van der Waals surface area contributed by atoms with E-state index in [1.807, 2.05) is 6.92 Å². The summed E-state index contributed by atoms with van der Waals surface area (Å²) in [6, 6.07) is 0. The molecule has 0 fully saturated rings. The molecule has 1 unspecified atom stereocenters. The highest BCUT2D eigenvalue weighted by Gasteiger charge is 2.26. The first kappa shape index (κ1) is 11.6. The molecule has 0 aliphatic rings. The fourth-order valence-corrected chi connectivity index (χ4v) is 0.514. The van der Waals surface area contributed by atoms with Crippen molar-refractivity contribution in [3.05, 3.63) is 25.0 Å². The van der Waals surface area contributed by atoms with E-state index >= 15 is 0 Å². The minimum Gasteiger partial charge on any atom is -0.492 e. The Hall–Kier alpha value is -0.430. The van der Waals surface area contributed by atoms with E-state index in [4.69, 9.17) is 16.3 Å². The van der Waals surface area contributed by atoms with Gasteiger partial charge in [0.15, 0.2) is 0 Å². The Labute approximate surface area is 80.1 Å². The fourth-order valence-electron chi connectivity index (χ4n) is 0.459. The first-order chi connectivity index (χ1) is 5.40. The summed E-state index contributed by atoms with van der Waals surface area (Å²) in [5.41, 5.74) is 0. The summed E-state index contributed by atoms with van der Waals surface area (Å²) in [4.78, 5) is -0.327. The molecule has 0 saturated carbocycles. The van der Waals surface area contributed by atoms with Gasteiger partial charge >= 0.3 is 0 Å². The van der Waals surface area contributed by atoms with E-state index in [1.54, 1.807) is 6.08 Å². The number of hydrogen-bond acceptors (Lipinski definition) is 1. The van der Waals surface area contributed by atoms with Crippen LogP contribution in [0.3, 0.4) is 0 Å². The van der Waals surface area contributed by atoms with Crippen LogP contribution in [0.25, 0.3) is 0 Å². The SMILES string of the molecule is C=CC(=C)OCC(C)(Cl)C(C)C. The maximum Gasteiger partial charge on any atom is 0.111 e. The van der Waals surface area contributed by atoms with Crippen molar-refractivity contribution in [1.29, 1.82) is 0 Å². The van der Waals surface area contributed by atoms with Crippen molar-refractivity contribution in [2.24, 2.45) is 5.92 Å². The molecule has 0 rings (SSSR count). The first-order valence-electron chi connectivity index (χ1n) is 4.03. The maximum atomic E-state index is 6.17. The van der Waals surface area contributed by atoms with Gasteiger partial charge in [0.05, 0.1) is 4.87 Å². The second-order valence-electron chi connectivity index (χ2n) is 3.39. The predicted molar refractivity (Wildman–Crippen MR) is 54.4 cm³/mol. The highest BCUT2D eigenvalue weighted by atomic mass is 35.5. The fraction of sp³-hybridized carbons (Fsp3) is 0.600. The molecule has 1 nitrogen and oxygen atoms in total. The summed E-state index contributed by atoms with van der Waals surface area (Å²) in [6.45, 7) is 13.7. The summed E-state index contributed by atoms with van der Waals surface area (Å²) in [5, 5.41) is 0. The van der Waals surface area contributed by atoms with Gasteiger partial charge in [-0.1, -0.05) is 27.0 Å². The summed E-state index contributed by atoms with van der Waals surface area (Å²) in [5.74, 6) is 0.944. The van der Waals surface area contributed by atoms with E-state index in [9.17, 15) is 0 Å². The van der Waals surface area contributed by atoms with Crippen molar-refractivity contribution >= 4 is 11.6 Å². The summed E-state index contributed by atoms with van der Waals surface area (Å²) >= 11 is 6.17. The van der Waals surface area contributed by atoms with Gasteiger partial charge in [0, 0.05) is 0 Å². The zero-order chi connectivity index (χ0) is 9.78. The molecule has 0 aromatic heterocycles. The largest absolute Gasteiger partial charge is 0.492 e. The average molecular weight is 189 g/mol. The van der Waals surface area contributed by atoms with Gasteiger partial charge in [0.2, 0.25) is 0 Å². The molecule has 0 bridgehead atoms. The molecule has 0 saturated heterocycles. The summed E-state index contributed by atoms with van der Waals surface area (Å²) < 4.78 is 5.27. The van der Waals surface area contributed by atoms with Gasteiger partial charge in [-0.3, -0.25) is 0 Å². The van der Waals surface area contributed by atoms with Crippen LogP contribution in [0.2, 0.25) is 0 Å². The maximum absolute atomic E-state index is 6.17. The van der Waals surface area contributed by atoms with Crippen molar-refractivity contribution in [3.63, 3.8) is 0 Å². The van der Waals surface area contributed by atoms with Gasteiger partial charge in [-0.05, 0) is 18.9 Å². The van der Waals surface area contributed by atoms with E-state index in [2.05, 4.69) is 27.0 Å². The van der Waals surface area contributed by atoms with Crippen LogP contribution in [0.4, 0.5) is 0 Å². The van der Waals surface area contributed by atoms with Gasteiger partial charge in [0.25, 0.3) is 0 Å². The van der Waals surface area contributed by atoms with Gasteiger partial charge in [0.1, 0.15) is 12.4 Å². The van der Waals surface area contributed by atoms with Gasteiger partial charge in [-0.2, -0.15) is 0 Å². The standard InChI is InChI=1S/C10H17ClO/c1-6-9(4)12-7-10(5,11)8(2)3/h6,8H,1,4,7H2,2-3,5H3. The monoisotopic (exact) mass is 188 g/mol. The number of halogens is 1. The molecule has 0 spiro atoms. The Morgan fingerprint density at radius 3 is 2.50 bits per heavy atom. The van der Waals surface area contributed by atoms with Gasteiger partial charge < -0.3 is 4.74 Å². The third-order valence-electron chi connectivity index (χ3n) is 1.97. The van der Waals surface area contributed by atoms with E-state index in [1.165, 1.54) is 0 Å². The minimum atomic E-state index is -0.327. The first-order valence-corrected chi connectivity index (χ1v) is 4.41. The lowest BCUT2D eigenvalue weighted by Gasteiger charge is -2.26. The molecule has 2 heteroatoms. The number of rotatable bonds is 5. The Bertz CT molecular complexity index is 171. The van der Waals surface area contributed by atoms with Crippen LogP contribution in [-0.4, -0.2) is 11.5 Å². The Morgan fingerprint density at radius 1 is 1.67 bits per heavy atom. The molecular weight excluding hydrogens is 172 g/mol. The molecule has 0 aliphatic carbocycles. The third kappa shape index (κ3) is 3.82. The molecule has 0 aromatic carbocycles. The van der Waals surface area contributed by atoms with Crippen molar-refractivity contribution in [1.82, 2.24) is 0 Å². The topological polar surface area (TPSA) is 9.23 Å². The predicted octanol–water partition coefficient (Wildman–Crippen LogP) is 3.36. The Balaban J connectivity index is 3.91. The van der Waals surface area contributed by atoms with Gasteiger partial charge in [-0.25, -0.2) is 0 Å². The lowest BCUT2D eigenvalue weighted by molar-refractivity contribution is 0.174. The second kappa shape index (κ2) is 4.56. The molecule has 0 aromatic rings. The van der Waals surface area contributed by atoms with Crippen LogP contribution < -0.4 is 0 Å². The smallest absolute Gasteiger partial charge is 0.111 e. The molecule has 0 N–H and O–H groups in total. The summed E-state index contributed by atoms with van der Waals surface area (Å²) in [7, 11) is 0.